The van der Waals surface area contributed by atoms with Gasteiger partial charge in [-0.2, -0.15) is 0 Å². The molecule has 1 aliphatic heterocycles. The predicted molar refractivity (Wildman–Crippen MR) is 64.8 cm³/mol. The monoisotopic (exact) mass is 271 g/mol. The first-order valence-electron chi connectivity index (χ1n) is 4.59. The SMILES string of the molecule is O=S1(=O)C[C@H]([NH2+]CCNC(=S)S)[C@@H](O)C1. The summed E-state index contributed by atoms with van der Waals surface area (Å²) in [5, 5.41) is 14.1. The van der Waals surface area contributed by atoms with Crippen molar-refractivity contribution in [3.05, 3.63) is 0 Å². The molecule has 88 valence electrons. The summed E-state index contributed by atoms with van der Waals surface area (Å²) in [6.07, 6.45) is -0.752. The molecule has 0 spiro atoms. The van der Waals surface area contributed by atoms with Gasteiger partial charge in [-0.05, 0) is 0 Å². The molecule has 0 saturated carbocycles. The molecular weight excluding hydrogens is 256 g/mol. The minimum absolute atomic E-state index is 0.0550. The molecule has 15 heavy (non-hydrogen) atoms. The Kier molecular flexibility index (Phi) is 4.78. The van der Waals surface area contributed by atoms with Crippen LogP contribution >= 0.6 is 24.8 Å². The first kappa shape index (κ1) is 13.2. The molecule has 0 aromatic heterocycles. The molecule has 0 radical (unpaired) electrons. The number of rotatable bonds is 4. The van der Waals surface area contributed by atoms with Crippen molar-refractivity contribution in [2.24, 2.45) is 0 Å². The second-order valence-corrected chi connectivity index (χ2v) is 6.88. The molecular formula is C7H15N2O3S3+. The average Bonchev–Trinajstić information content (AvgIpc) is 2.33. The number of aliphatic hydroxyl groups is 1. The highest BCUT2D eigenvalue weighted by molar-refractivity contribution is 8.11. The van der Waals surface area contributed by atoms with E-state index in [1.807, 2.05) is 5.32 Å². The topological polar surface area (TPSA) is 83.0 Å². The van der Waals surface area contributed by atoms with Crippen molar-refractivity contribution in [2.45, 2.75) is 12.1 Å². The molecule has 0 aromatic rings. The highest BCUT2D eigenvalue weighted by Gasteiger charge is 2.38. The fraction of sp³-hybridized carbons (Fsp3) is 0.857. The second kappa shape index (κ2) is 5.44. The summed E-state index contributed by atoms with van der Waals surface area (Å²) < 4.78 is 22.7. The number of sulfone groups is 1. The number of aliphatic hydroxyl groups excluding tert-OH is 1. The minimum Gasteiger partial charge on any atom is -0.386 e. The molecule has 1 aliphatic rings. The third-order valence-corrected chi connectivity index (χ3v) is 4.30. The van der Waals surface area contributed by atoms with Crippen LogP contribution in [0.25, 0.3) is 0 Å². The van der Waals surface area contributed by atoms with Crippen LogP contribution < -0.4 is 10.6 Å². The average molecular weight is 271 g/mol. The van der Waals surface area contributed by atoms with E-state index >= 15 is 0 Å². The van der Waals surface area contributed by atoms with Gasteiger partial charge in [-0.25, -0.2) is 8.42 Å². The Bertz CT molecular complexity index is 330. The van der Waals surface area contributed by atoms with Crippen molar-refractivity contribution < 1.29 is 18.8 Å². The highest BCUT2D eigenvalue weighted by Crippen LogP contribution is 2.08. The minimum atomic E-state index is -3.04. The van der Waals surface area contributed by atoms with E-state index in [1.54, 1.807) is 0 Å². The van der Waals surface area contributed by atoms with Crippen molar-refractivity contribution in [1.29, 1.82) is 0 Å². The molecule has 5 nitrogen and oxygen atoms in total. The molecule has 1 rings (SSSR count). The van der Waals surface area contributed by atoms with E-state index in [0.717, 1.165) is 0 Å². The molecule has 4 N–H and O–H groups in total. The van der Waals surface area contributed by atoms with Gasteiger partial charge < -0.3 is 15.7 Å². The first-order valence-corrected chi connectivity index (χ1v) is 7.27. The molecule has 8 heteroatoms. The normalized spacial score (nSPS) is 28.9. The largest absolute Gasteiger partial charge is 0.386 e. The lowest BCUT2D eigenvalue weighted by Gasteiger charge is -2.11. The van der Waals surface area contributed by atoms with Crippen LogP contribution in [-0.4, -0.2) is 54.6 Å². The molecule has 1 fully saturated rings. The smallest absolute Gasteiger partial charge is 0.159 e. The van der Waals surface area contributed by atoms with E-state index in [1.165, 1.54) is 0 Å². The summed E-state index contributed by atoms with van der Waals surface area (Å²) in [6, 6.07) is -0.245. The lowest BCUT2D eigenvalue weighted by Crippen LogP contribution is -2.93. The highest BCUT2D eigenvalue weighted by atomic mass is 32.2. The number of hydrogen-bond acceptors (Lipinski definition) is 4. The van der Waals surface area contributed by atoms with Crippen molar-refractivity contribution >= 4 is 39.0 Å². The molecule has 1 saturated heterocycles. The number of thiocarbonyl (C=S) groups is 1. The fourth-order valence-electron chi connectivity index (χ4n) is 1.56. The Morgan fingerprint density at radius 3 is 2.73 bits per heavy atom. The van der Waals surface area contributed by atoms with E-state index < -0.39 is 15.9 Å². The molecule has 2 atom stereocenters. The van der Waals surface area contributed by atoms with Gasteiger partial charge in [-0.15, -0.1) is 12.6 Å². The van der Waals surface area contributed by atoms with Crippen LogP contribution in [0.1, 0.15) is 0 Å². The summed E-state index contributed by atoms with van der Waals surface area (Å²) in [4.78, 5) is 0. The number of nitrogens with one attached hydrogen (secondary N) is 1. The van der Waals surface area contributed by atoms with E-state index in [4.69, 9.17) is 12.2 Å². The summed E-state index contributed by atoms with van der Waals surface area (Å²) in [5.41, 5.74) is 0. The van der Waals surface area contributed by atoms with Gasteiger partial charge >= 0.3 is 0 Å². The molecule has 0 unspecified atom stereocenters. The number of quaternary nitrogens is 1. The van der Waals surface area contributed by atoms with E-state index in [2.05, 4.69) is 17.9 Å². The Morgan fingerprint density at radius 1 is 1.60 bits per heavy atom. The third kappa shape index (κ3) is 4.64. The van der Waals surface area contributed by atoms with Gasteiger partial charge in [0.15, 0.2) is 9.84 Å². The maximum atomic E-state index is 11.2. The van der Waals surface area contributed by atoms with Gasteiger partial charge in [0.25, 0.3) is 0 Å². The van der Waals surface area contributed by atoms with Crippen molar-refractivity contribution in [2.75, 3.05) is 24.6 Å². The van der Waals surface area contributed by atoms with Crippen molar-refractivity contribution in [3.63, 3.8) is 0 Å². The van der Waals surface area contributed by atoms with Gasteiger partial charge in [0.1, 0.15) is 22.2 Å². The Labute approximate surface area is 100.0 Å². The van der Waals surface area contributed by atoms with Crippen LogP contribution in [0.4, 0.5) is 0 Å². The van der Waals surface area contributed by atoms with Crippen LogP contribution in [0.15, 0.2) is 0 Å². The third-order valence-electron chi connectivity index (χ3n) is 2.26. The lowest BCUT2D eigenvalue weighted by atomic mass is 10.2. The van der Waals surface area contributed by atoms with Crippen LogP contribution in [0.5, 0.6) is 0 Å². The quantitative estimate of drug-likeness (QED) is 0.258. The lowest BCUT2D eigenvalue weighted by molar-refractivity contribution is -0.688. The molecule has 0 amide bonds. The summed E-state index contributed by atoms with van der Waals surface area (Å²) in [7, 11) is -3.04. The number of nitrogens with two attached hydrogens (primary N) is 1. The van der Waals surface area contributed by atoms with Gasteiger partial charge in [0.05, 0.1) is 18.8 Å². The number of thiol groups is 1. The molecule has 0 aliphatic carbocycles. The maximum absolute atomic E-state index is 11.2. The molecule has 0 bridgehead atoms. The standard InChI is InChI=1S/C7H14N2O3S3/c10-6-4-15(11,12)3-5(6)8-1-2-9-7(13)14/h5-6,8,10H,1-4H2,(H2,9,13,14)/p+1/t5-,6-/m0/s1. The fourth-order valence-corrected chi connectivity index (χ4v) is 3.62. The maximum Gasteiger partial charge on any atom is 0.159 e. The molecule has 0 aromatic carbocycles. The van der Waals surface area contributed by atoms with Gasteiger partial charge in [0.2, 0.25) is 0 Å². The van der Waals surface area contributed by atoms with E-state index in [-0.39, 0.29) is 17.5 Å². The zero-order chi connectivity index (χ0) is 11.5. The summed E-state index contributed by atoms with van der Waals surface area (Å²) >= 11 is 8.58. The van der Waals surface area contributed by atoms with Crippen LogP contribution in [-0.2, 0) is 9.84 Å². The Hall–Kier alpha value is 0.110. The second-order valence-electron chi connectivity index (χ2n) is 3.56. The summed E-state index contributed by atoms with van der Waals surface area (Å²) in [6.45, 7) is 1.28. The van der Waals surface area contributed by atoms with Gasteiger partial charge in [-0.3, -0.25) is 0 Å². The first-order chi connectivity index (χ1) is 6.91. The van der Waals surface area contributed by atoms with Gasteiger partial charge in [-0.1, -0.05) is 12.2 Å². The van der Waals surface area contributed by atoms with Crippen LogP contribution in [0.2, 0.25) is 0 Å². The van der Waals surface area contributed by atoms with Crippen LogP contribution in [0.3, 0.4) is 0 Å². The zero-order valence-electron chi connectivity index (χ0n) is 8.09. The molecule has 1 heterocycles. The predicted octanol–water partition coefficient (Wildman–Crippen LogP) is -2.49. The Morgan fingerprint density at radius 2 is 2.27 bits per heavy atom. The van der Waals surface area contributed by atoms with Crippen molar-refractivity contribution in [1.82, 2.24) is 5.32 Å². The summed E-state index contributed by atoms with van der Waals surface area (Å²) in [5.74, 6) is -0.0634. The zero-order valence-corrected chi connectivity index (χ0v) is 10.6. The van der Waals surface area contributed by atoms with E-state index in [0.29, 0.717) is 17.4 Å². The van der Waals surface area contributed by atoms with Gasteiger partial charge in [0, 0.05) is 0 Å². The van der Waals surface area contributed by atoms with Crippen molar-refractivity contribution in [3.8, 4) is 0 Å². The Balaban J connectivity index is 2.25. The number of hydrogen-bond donors (Lipinski definition) is 4. The van der Waals surface area contributed by atoms with E-state index in [9.17, 15) is 13.5 Å². The van der Waals surface area contributed by atoms with Crippen LogP contribution in [0, 0.1) is 0 Å².